The van der Waals surface area contributed by atoms with Crippen molar-refractivity contribution in [2.75, 3.05) is 26.6 Å². The van der Waals surface area contributed by atoms with Crippen molar-refractivity contribution in [3.05, 3.63) is 59.3 Å². The maximum Gasteiger partial charge on any atom is 0.238 e. The van der Waals surface area contributed by atoms with Crippen LogP contribution in [0.15, 0.2) is 42.5 Å². The Labute approximate surface area is 185 Å². The molecule has 1 amide bonds. The summed E-state index contributed by atoms with van der Waals surface area (Å²) >= 11 is 1.59. The first kappa shape index (κ1) is 21.1. The van der Waals surface area contributed by atoms with Crippen LogP contribution in [-0.2, 0) is 4.79 Å². The van der Waals surface area contributed by atoms with Gasteiger partial charge in [0.15, 0.2) is 11.5 Å². The molecule has 2 heterocycles. The second-order valence-corrected chi connectivity index (χ2v) is 8.67. The number of nitrogens with one attached hydrogen (secondary N) is 1. The number of amides is 1. The number of carbonyl (C=O) groups excluding carboxylic acids is 1. The first-order chi connectivity index (χ1) is 15.0. The van der Waals surface area contributed by atoms with Crippen molar-refractivity contribution in [3.8, 4) is 22.9 Å². The Morgan fingerprint density at radius 2 is 1.71 bits per heavy atom. The van der Waals surface area contributed by atoms with Gasteiger partial charge in [0.25, 0.3) is 0 Å². The number of thioether (sulfide) groups is 1. The zero-order valence-corrected chi connectivity index (χ0v) is 18.9. The van der Waals surface area contributed by atoms with E-state index in [0.29, 0.717) is 17.3 Å². The SMILES string of the molecule is COc1ccc(-n2nc(C)c3c2NC(=O)[C@@H](C)S[C@@H]3c2ccc(OC)c(OC)c2)cc1. The molecular weight excluding hydrogens is 414 g/mol. The first-order valence-corrected chi connectivity index (χ1v) is 10.8. The highest BCUT2D eigenvalue weighted by Gasteiger charge is 2.34. The van der Waals surface area contributed by atoms with Crippen LogP contribution < -0.4 is 19.5 Å². The van der Waals surface area contributed by atoms with E-state index in [-0.39, 0.29) is 16.4 Å². The van der Waals surface area contributed by atoms with Crippen molar-refractivity contribution < 1.29 is 19.0 Å². The molecule has 0 saturated carbocycles. The summed E-state index contributed by atoms with van der Waals surface area (Å²) in [5.74, 6) is 2.71. The summed E-state index contributed by atoms with van der Waals surface area (Å²) in [6, 6.07) is 13.5. The molecule has 31 heavy (non-hydrogen) atoms. The van der Waals surface area contributed by atoms with E-state index in [2.05, 4.69) is 5.32 Å². The number of fused-ring (bicyclic) bond motifs is 1. The van der Waals surface area contributed by atoms with Gasteiger partial charge in [0, 0.05) is 5.56 Å². The Hall–Kier alpha value is -3.13. The highest BCUT2D eigenvalue weighted by Crippen LogP contribution is 2.47. The molecule has 0 aliphatic carbocycles. The molecule has 4 rings (SSSR count). The third kappa shape index (κ3) is 3.83. The molecular formula is C23H25N3O4S. The van der Waals surface area contributed by atoms with Gasteiger partial charge >= 0.3 is 0 Å². The molecule has 0 bridgehead atoms. The lowest BCUT2D eigenvalue weighted by atomic mass is 10.0. The van der Waals surface area contributed by atoms with Crippen molar-refractivity contribution in [2.45, 2.75) is 24.3 Å². The van der Waals surface area contributed by atoms with Crippen LogP contribution in [0.3, 0.4) is 0 Å². The molecule has 0 spiro atoms. The summed E-state index contributed by atoms with van der Waals surface area (Å²) in [4.78, 5) is 12.8. The Balaban J connectivity index is 1.86. The van der Waals surface area contributed by atoms with E-state index in [1.807, 2.05) is 56.3 Å². The molecule has 2 aromatic carbocycles. The Bertz CT molecular complexity index is 1110. The number of hydrogen-bond acceptors (Lipinski definition) is 6. The minimum Gasteiger partial charge on any atom is -0.497 e. The predicted octanol–water partition coefficient (Wildman–Crippen LogP) is 4.37. The van der Waals surface area contributed by atoms with Gasteiger partial charge in [-0.05, 0) is 55.8 Å². The topological polar surface area (TPSA) is 74.6 Å². The minimum absolute atomic E-state index is 0.0520. The van der Waals surface area contributed by atoms with Crippen LogP contribution in [0.2, 0.25) is 0 Å². The normalized spacial score (nSPS) is 18.0. The fourth-order valence-electron chi connectivity index (χ4n) is 3.70. The maximum atomic E-state index is 12.8. The van der Waals surface area contributed by atoms with E-state index in [1.54, 1.807) is 37.8 Å². The fourth-order valence-corrected chi connectivity index (χ4v) is 5.01. The summed E-state index contributed by atoms with van der Waals surface area (Å²) < 4.78 is 18.0. The van der Waals surface area contributed by atoms with Gasteiger partial charge < -0.3 is 19.5 Å². The summed E-state index contributed by atoms with van der Waals surface area (Å²) in [7, 11) is 4.86. The lowest BCUT2D eigenvalue weighted by molar-refractivity contribution is -0.115. The van der Waals surface area contributed by atoms with Crippen molar-refractivity contribution in [1.29, 1.82) is 0 Å². The first-order valence-electron chi connectivity index (χ1n) is 9.89. The summed E-state index contributed by atoms with van der Waals surface area (Å²) in [6.07, 6.45) is 0. The molecule has 2 atom stereocenters. The van der Waals surface area contributed by atoms with E-state index in [9.17, 15) is 4.79 Å². The molecule has 0 saturated heterocycles. The molecule has 0 radical (unpaired) electrons. The van der Waals surface area contributed by atoms with E-state index in [4.69, 9.17) is 19.3 Å². The van der Waals surface area contributed by atoms with Gasteiger partial charge in [-0.2, -0.15) is 5.10 Å². The second kappa shape index (κ2) is 8.55. The summed E-state index contributed by atoms with van der Waals surface area (Å²) in [6.45, 7) is 3.88. The van der Waals surface area contributed by atoms with Crippen LogP contribution in [0.25, 0.3) is 5.69 Å². The zero-order valence-electron chi connectivity index (χ0n) is 18.1. The third-order valence-electron chi connectivity index (χ3n) is 5.35. The van der Waals surface area contributed by atoms with Gasteiger partial charge in [0.2, 0.25) is 5.91 Å². The number of nitrogens with zero attached hydrogens (tertiary/aromatic N) is 2. The van der Waals surface area contributed by atoms with Crippen molar-refractivity contribution >= 4 is 23.5 Å². The maximum absolute atomic E-state index is 12.8. The molecule has 1 aliphatic rings. The number of carbonyl (C=O) groups is 1. The molecule has 1 N–H and O–H groups in total. The minimum atomic E-state index is -0.241. The van der Waals surface area contributed by atoms with Gasteiger partial charge in [-0.1, -0.05) is 6.07 Å². The van der Waals surface area contributed by atoms with Gasteiger partial charge in [-0.25, -0.2) is 4.68 Å². The number of rotatable bonds is 5. The van der Waals surface area contributed by atoms with E-state index >= 15 is 0 Å². The van der Waals surface area contributed by atoms with Crippen LogP contribution in [0.4, 0.5) is 5.82 Å². The molecule has 7 nitrogen and oxygen atoms in total. The van der Waals surface area contributed by atoms with Crippen molar-refractivity contribution in [1.82, 2.24) is 9.78 Å². The number of anilines is 1. The summed E-state index contributed by atoms with van der Waals surface area (Å²) in [5, 5.41) is 7.51. The third-order valence-corrected chi connectivity index (χ3v) is 6.75. The predicted molar refractivity (Wildman–Crippen MR) is 122 cm³/mol. The number of aromatic nitrogens is 2. The number of ether oxygens (including phenoxy) is 3. The zero-order chi connectivity index (χ0) is 22.1. The molecule has 8 heteroatoms. The van der Waals surface area contributed by atoms with E-state index < -0.39 is 0 Å². The molecule has 162 valence electrons. The Kier molecular flexibility index (Phi) is 5.82. The smallest absolute Gasteiger partial charge is 0.238 e. The average molecular weight is 440 g/mol. The Morgan fingerprint density at radius 1 is 1.00 bits per heavy atom. The van der Waals surface area contributed by atoms with Gasteiger partial charge in [-0.15, -0.1) is 11.8 Å². The summed E-state index contributed by atoms with van der Waals surface area (Å²) in [5.41, 5.74) is 3.69. The van der Waals surface area contributed by atoms with E-state index in [0.717, 1.165) is 28.3 Å². The molecule has 0 fully saturated rings. The van der Waals surface area contributed by atoms with Crippen molar-refractivity contribution in [3.63, 3.8) is 0 Å². The highest BCUT2D eigenvalue weighted by atomic mass is 32.2. The van der Waals surface area contributed by atoms with Crippen molar-refractivity contribution in [2.24, 2.45) is 0 Å². The van der Waals surface area contributed by atoms with Crippen LogP contribution in [0.5, 0.6) is 17.2 Å². The monoisotopic (exact) mass is 439 g/mol. The standard InChI is InChI=1S/C23H25N3O4S/c1-13-20-21(15-6-11-18(29-4)19(12-15)30-5)31-14(2)23(27)24-22(20)26(25-13)16-7-9-17(28-3)10-8-16/h6-12,14,21H,1-5H3,(H,24,27)/t14-,21-/m1/s1. The second-order valence-electron chi connectivity index (χ2n) is 7.22. The van der Waals surface area contributed by atoms with Crippen LogP contribution >= 0.6 is 11.8 Å². The van der Waals surface area contributed by atoms with E-state index in [1.165, 1.54) is 0 Å². The van der Waals surface area contributed by atoms with Crippen LogP contribution in [0, 0.1) is 6.92 Å². The molecule has 3 aromatic rings. The van der Waals surface area contributed by atoms with Crippen LogP contribution in [0.1, 0.15) is 29.0 Å². The Morgan fingerprint density at radius 3 is 2.35 bits per heavy atom. The van der Waals surface area contributed by atoms with Gasteiger partial charge in [0.05, 0.1) is 43.2 Å². The molecule has 0 unspecified atom stereocenters. The number of benzene rings is 2. The number of aryl methyl sites for hydroxylation is 1. The number of methoxy groups -OCH3 is 3. The van der Waals surface area contributed by atoms with Crippen LogP contribution in [-0.4, -0.2) is 42.3 Å². The van der Waals surface area contributed by atoms with Gasteiger partial charge in [0.1, 0.15) is 11.6 Å². The van der Waals surface area contributed by atoms with Gasteiger partial charge in [-0.3, -0.25) is 4.79 Å². The quantitative estimate of drug-likeness (QED) is 0.636. The highest BCUT2D eigenvalue weighted by molar-refractivity contribution is 8.01. The average Bonchev–Trinajstić information content (AvgIpc) is 3.04. The lowest BCUT2D eigenvalue weighted by Crippen LogP contribution is -2.22. The lowest BCUT2D eigenvalue weighted by Gasteiger charge is -2.19. The largest absolute Gasteiger partial charge is 0.497 e. The fraction of sp³-hybridized carbons (Fsp3) is 0.304. The number of hydrogen-bond donors (Lipinski definition) is 1. The molecule has 1 aliphatic heterocycles. The molecule has 1 aromatic heterocycles.